The van der Waals surface area contributed by atoms with Crippen LogP contribution in [0.1, 0.15) is 28.8 Å². The zero-order valence-corrected chi connectivity index (χ0v) is 11.3. The average Bonchev–Trinajstić information content (AvgIpc) is 2.53. The van der Waals surface area contributed by atoms with Crippen molar-refractivity contribution in [3.05, 3.63) is 29.3 Å². The van der Waals surface area contributed by atoms with Gasteiger partial charge < -0.3 is 14.4 Å². The van der Waals surface area contributed by atoms with Gasteiger partial charge in [0, 0.05) is 24.7 Å². The number of rotatable bonds is 3. The highest BCUT2D eigenvalue weighted by Crippen LogP contribution is 2.25. The molecule has 1 saturated heterocycles. The van der Waals surface area contributed by atoms with Gasteiger partial charge in [0.1, 0.15) is 12.4 Å². The third kappa shape index (κ3) is 2.80. The summed E-state index contributed by atoms with van der Waals surface area (Å²) >= 11 is 0. The number of anilines is 1. The molecular formula is C15H16N2O3. The number of piperidine rings is 1. The number of hydrogen-bond acceptors (Lipinski definition) is 5. The monoisotopic (exact) mass is 272 g/mol. The lowest BCUT2D eigenvalue weighted by atomic mass is 9.97. The molecule has 1 heterocycles. The van der Waals surface area contributed by atoms with Crippen LogP contribution in [0.25, 0.3) is 0 Å². The smallest absolute Gasteiger partial charge is 0.339 e. The number of methoxy groups -OCH3 is 1. The van der Waals surface area contributed by atoms with Gasteiger partial charge in [-0.25, -0.2) is 4.79 Å². The van der Waals surface area contributed by atoms with E-state index in [1.807, 2.05) is 12.1 Å². The Morgan fingerprint density at radius 2 is 2.15 bits per heavy atom. The van der Waals surface area contributed by atoms with Crippen molar-refractivity contribution in [3.63, 3.8) is 0 Å². The summed E-state index contributed by atoms with van der Waals surface area (Å²) in [5, 5.41) is 9.02. The predicted octanol–water partition coefficient (Wildman–Crippen LogP) is 1.76. The van der Waals surface area contributed by atoms with Crippen molar-refractivity contribution >= 4 is 17.9 Å². The second kappa shape index (κ2) is 6.20. The summed E-state index contributed by atoms with van der Waals surface area (Å²) in [6.07, 6.45) is 2.64. The first-order valence-corrected chi connectivity index (χ1v) is 6.52. The van der Waals surface area contributed by atoms with Gasteiger partial charge in [0.2, 0.25) is 0 Å². The zero-order chi connectivity index (χ0) is 14.5. The summed E-state index contributed by atoms with van der Waals surface area (Å²) in [6, 6.07) is 7.14. The SMILES string of the molecule is COC(=O)c1cc(N2CCC(C=O)CC2)ccc1C#N. The fourth-order valence-corrected chi connectivity index (χ4v) is 2.40. The molecule has 1 aliphatic rings. The van der Waals surface area contributed by atoms with Gasteiger partial charge in [0.25, 0.3) is 0 Å². The molecule has 1 aromatic rings. The average molecular weight is 272 g/mol. The normalized spacial score (nSPS) is 15.5. The summed E-state index contributed by atoms with van der Waals surface area (Å²) in [5.41, 5.74) is 1.47. The highest BCUT2D eigenvalue weighted by molar-refractivity contribution is 5.93. The van der Waals surface area contributed by atoms with E-state index in [1.54, 1.807) is 12.1 Å². The predicted molar refractivity (Wildman–Crippen MR) is 73.5 cm³/mol. The van der Waals surface area contributed by atoms with E-state index in [9.17, 15) is 9.59 Å². The molecule has 2 rings (SSSR count). The fourth-order valence-electron chi connectivity index (χ4n) is 2.40. The molecule has 0 N–H and O–H groups in total. The largest absolute Gasteiger partial charge is 0.465 e. The van der Waals surface area contributed by atoms with Crippen molar-refractivity contribution in [2.24, 2.45) is 5.92 Å². The Kier molecular flexibility index (Phi) is 4.36. The summed E-state index contributed by atoms with van der Waals surface area (Å²) < 4.78 is 4.70. The molecular weight excluding hydrogens is 256 g/mol. The first-order chi connectivity index (χ1) is 9.69. The van der Waals surface area contributed by atoms with Crippen LogP contribution >= 0.6 is 0 Å². The van der Waals surface area contributed by atoms with Gasteiger partial charge in [-0.1, -0.05) is 0 Å². The van der Waals surface area contributed by atoms with Gasteiger partial charge in [-0.2, -0.15) is 5.26 Å². The number of nitrogens with zero attached hydrogens (tertiary/aromatic N) is 2. The number of hydrogen-bond donors (Lipinski definition) is 0. The van der Waals surface area contributed by atoms with Crippen molar-refractivity contribution in [3.8, 4) is 6.07 Å². The molecule has 0 saturated carbocycles. The van der Waals surface area contributed by atoms with Crippen molar-refractivity contribution in [1.29, 1.82) is 5.26 Å². The molecule has 0 aliphatic carbocycles. The maximum absolute atomic E-state index is 11.7. The third-order valence-corrected chi connectivity index (χ3v) is 3.63. The second-order valence-electron chi connectivity index (χ2n) is 4.79. The van der Waals surface area contributed by atoms with Gasteiger partial charge in [0.15, 0.2) is 0 Å². The molecule has 1 fully saturated rings. The minimum absolute atomic E-state index is 0.129. The summed E-state index contributed by atoms with van der Waals surface area (Å²) in [7, 11) is 1.30. The topological polar surface area (TPSA) is 70.4 Å². The quantitative estimate of drug-likeness (QED) is 0.619. The Hall–Kier alpha value is -2.35. The van der Waals surface area contributed by atoms with Crippen molar-refractivity contribution in [1.82, 2.24) is 0 Å². The van der Waals surface area contributed by atoms with Crippen LogP contribution < -0.4 is 4.90 Å². The molecule has 0 bridgehead atoms. The van der Waals surface area contributed by atoms with E-state index < -0.39 is 5.97 Å². The lowest BCUT2D eigenvalue weighted by Gasteiger charge is -2.31. The van der Waals surface area contributed by atoms with Gasteiger partial charge >= 0.3 is 5.97 Å². The number of ether oxygens (including phenoxy) is 1. The molecule has 0 unspecified atom stereocenters. The van der Waals surface area contributed by atoms with Crippen molar-refractivity contribution in [2.45, 2.75) is 12.8 Å². The van der Waals surface area contributed by atoms with Crippen LogP contribution in [0.3, 0.4) is 0 Å². The number of aldehydes is 1. The highest BCUT2D eigenvalue weighted by Gasteiger charge is 2.20. The Morgan fingerprint density at radius 1 is 1.45 bits per heavy atom. The highest BCUT2D eigenvalue weighted by atomic mass is 16.5. The molecule has 0 atom stereocenters. The van der Waals surface area contributed by atoms with E-state index in [0.29, 0.717) is 5.56 Å². The lowest BCUT2D eigenvalue weighted by Crippen LogP contribution is -2.34. The zero-order valence-electron chi connectivity index (χ0n) is 11.3. The lowest BCUT2D eigenvalue weighted by molar-refractivity contribution is -0.111. The molecule has 0 amide bonds. The number of carbonyl (C=O) groups excluding carboxylic acids is 2. The Balaban J connectivity index is 2.24. The van der Waals surface area contributed by atoms with Crippen LogP contribution in [0.2, 0.25) is 0 Å². The van der Waals surface area contributed by atoms with Gasteiger partial charge in [0.05, 0.1) is 18.2 Å². The molecule has 0 spiro atoms. The molecule has 0 aromatic heterocycles. The third-order valence-electron chi connectivity index (χ3n) is 3.63. The first kappa shape index (κ1) is 14.1. The van der Waals surface area contributed by atoms with Crippen LogP contribution in [0.15, 0.2) is 18.2 Å². The van der Waals surface area contributed by atoms with Crippen LogP contribution in [-0.2, 0) is 9.53 Å². The Bertz CT molecular complexity index is 555. The van der Waals surface area contributed by atoms with Gasteiger partial charge in [-0.3, -0.25) is 0 Å². The first-order valence-electron chi connectivity index (χ1n) is 6.52. The molecule has 104 valence electrons. The van der Waals surface area contributed by atoms with Crippen LogP contribution in [0.4, 0.5) is 5.69 Å². The standard InChI is InChI=1S/C15H16N2O3/c1-20-15(19)14-8-13(3-2-12(14)9-16)17-6-4-11(10-18)5-7-17/h2-3,8,10-11H,4-7H2,1H3. The van der Waals surface area contributed by atoms with Gasteiger partial charge in [-0.05, 0) is 31.0 Å². The number of carbonyl (C=O) groups is 2. The molecule has 5 nitrogen and oxygen atoms in total. The van der Waals surface area contributed by atoms with E-state index in [2.05, 4.69) is 4.90 Å². The van der Waals surface area contributed by atoms with Crippen LogP contribution in [-0.4, -0.2) is 32.5 Å². The molecule has 20 heavy (non-hydrogen) atoms. The van der Waals surface area contributed by atoms with Crippen molar-refractivity contribution in [2.75, 3.05) is 25.1 Å². The maximum Gasteiger partial charge on any atom is 0.339 e. The number of nitriles is 1. The molecule has 1 aliphatic heterocycles. The maximum atomic E-state index is 11.7. The van der Waals surface area contributed by atoms with E-state index in [1.165, 1.54) is 7.11 Å². The van der Waals surface area contributed by atoms with E-state index in [4.69, 9.17) is 10.00 Å². The van der Waals surface area contributed by atoms with E-state index in [-0.39, 0.29) is 11.5 Å². The summed E-state index contributed by atoms with van der Waals surface area (Å²) in [6.45, 7) is 1.55. The molecule has 5 heteroatoms. The fraction of sp³-hybridized carbons (Fsp3) is 0.400. The summed E-state index contributed by atoms with van der Waals surface area (Å²) in [4.78, 5) is 24.6. The van der Waals surface area contributed by atoms with Gasteiger partial charge in [-0.15, -0.1) is 0 Å². The van der Waals surface area contributed by atoms with Crippen molar-refractivity contribution < 1.29 is 14.3 Å². The van der Waals surface area contributed by atoms with E-state index in [0.717, 1.165) is 37.9 Å². The Labute approximate surface area is 117 Å². The van der Waals surface area contributed by atoms with Crippen LogP contribution in [0.5, 0.6) is 0 Å². The Morgan fingerprint density at radius 3 is 2.70 bits per heavy atom. The number of esters is 1. The van der Waals surface area contributed by atoms with Crippen LogP contribution in [0, 0.1) is 17.2 Å². The summed E-state index contributed by atoms with van der Waals surface area (Å²) in [5.74, 6) is -0.379. The number of benzene rings is 1. The minimum Gasteiger partial charge on any atom is -0.465 e. The second-order valence-corrected chi connectivity index (χ2v) is 4.79. The molecule has 1 aromatic carbocycles. The van der Waals surface area contributed by atoms with E-state index >= 15 is 0 Å². The molecule has 0 radical (unpaired) electrons. The minimum atomic E-state index is -0.508.